The molecular weight excluding hydrogens is 266 g/mol. The largest absolute Gasteiger partial charge is 0.382 e. The molecule has 0 aliphatic carbocycles. The molecule has 1 aliphatic heterocycles. The number of nitrogen functional groups attached to an aromatic ring is 1. The van der Waals surface area contributed by atoms with Crippen molar-refractivity contribution in [1.82, 2.24) is 9.97 Å². The number of nitrogens with zero attached hydrogens (tertiary/aromatic N) is 4. The van der Waals surface area contributed by atoms with E-state index in [0.29, 0.717) is 16.3 Å². The van der Waals surface area contributed by atoms with E-state index in [0.717, 1.165) is 4.90 Å². The molecule has 0 unspecified atom stereocenters. The molecule has 7 nitrogen and oxygen atoms in total. The topological polar surface area (TPSA) is 107 Å². The second kappa shape index (κ2) is 4.32. The van der Waals surface area contributed by atoms with Gasteiger partial charge in [-0.3, -0.25) is 10.1 Å². The third kappa shape index (κ3) is 2.02. The Kier molecular flexibility index (Phi) is 2.64. The molecule has 0 spiro atoms. The molecule has 0 radical (unpaired) electrons. The molecule has 0 saturated heterocycles. The van der Waals surface area contributed by atoms with Crippen LogP contribution in [-0.2, 0) is 0 Å². The lowest BCUT2D eigenvalue weighted by Crippen LogP contribution is -1.93. The number of non-ortho nitro benzene ring substituents is 1. The minimum atomic E-state index is -0.439. The summed E-state index contributed by atoms with van der Waals surface area (Å²) >= 11 is 1.36. The average Bonchev–Trinajstić information content (AvgIpc) is 2.57. The van der Waals surface area contributed by atoms with E-state index in [1.54, 1.807) is 12.3 Å². The van der Waals surface area contributed by atoms with Gasteiger partial charge in [-0.15, -0.1) is 0 Å². The molecule has 1 aromatic carbocycles. The van der Waals surface area contributed by atoms with Crippen LogP contribution in [0.3, 0.4) is 0 Å². The van der Waals surface area contributed by atoms with Crippen LogP contribution in [0.25, 0.3) is 0 Å². The highest BCUT2D eigenvalue weighted by Gasteiger charge is 2.17. The van der Waals surface area contributed by atoms with Crippen molar-refractivity contribution in [2.45, 2.75) is 9.92 Å². The van der Waals surface area contributed by atoms with Gasteiger partial charge in [-0.25, -0.2) is 15.0 Å². The van der Waals surface area contributed by atoms with Crippen molar-refractivity contribution in [3.8, 4) is 0 Å². The van der Waals surface area contributed by atoms with Gasteiger partial charge in [0.15, 0.2) is 5.82 Å². The number of rotatable bonds is 1. The van der Waals surface area contributed by atoms with Crippen LogP contribution in [0.4, 0.5) is 17.2 Å². The van der Waals surface area contributed by atoms with Gasteiger partial charge in [0.05, 0.1) is 4.92 Å². The molecule has 1 aliphatic rings. The van der Waals surface area contributed by atoms with Crippen molar-refractivity contribution < 1.29 is 4.92 Å². The molecular formula is C11H7N5O2S. The summed E-state index contributed by atoms with van der Waals surface area (Å²) in [7, 11) is 0. The number of hydrogen-bond acceptors (Lipinski definition) is 7. The summed E-state index contributed by atoms with van der Waals surface area (Å²) in [6.45, 7) is 0. The first kappa shape index (κ1) is 11.6. The van der Waals surface area contributed by atoms with Crippen molar-refractivity contribution >= 4 is 35.2 Å². The molecule has 94 valence electrons. The van der Waals surface area contributed by atoms with Gasteiger partial charge in [0.25, 0.3) is 5.69 Å². The Bertz CT molecular complexity index is 716. The molecule has 0 fully saturated rings. The van der Waals surface area contributed by atoms with Gasteiger partial charge in [0.2, 0.25) is 0 Å². The lowest BCUT2D eigenvalue weighted by atomic mass is 10.2. The number of nitrogens with two attached hydrogens (primary N) is 1. The van der Waals surface area contributed by atoms with Crippen molar-refractivity contribution in [3.63, 3.8) is 0 Å². The Balaban J connectivity index is 2.14. The Morgan fingerprint density at radius 2 is 2.16 bits per heavy atom. The zero-order valence-electron chi connectivity index (χ0n) is 9.48. The highest BCUT2D eigenvalue weighted by molar-refractivity contribution is 7.99. The van der Waals surface area contributed by atoms with E-state index in [4.69, 9.17) is 5.73 Å². The minimum absolute atomic E-state index is 0.0239. The number of benzene rings is 1. The van der Waals surface area contributed by atoms with Crippen LogP contribution in [0, 0.1) is 10.1 Å². The first-order valence-corrected chi connectivity index (χ1v) is 6.07. The highest BCUT2D eigenvalue weighted by atomic mass is 32.2. The van der Waals surface area contributed by atoms with Crippen LogP contribution < -0.4 is 5.73 Å². The van der Waals surface area contributed by atoms with Crippen molar-refractivity contribution in [2.24, 2.45) is 4.99 Å². The quantitative estimate of drug-likeness (QED) is 0.413. The van der Waals surface area contributed by atoms with E-state index in [9.17, 15) is 10.1 Å². The van der Waals surface area contributed by atoms with Crippen LogP contribution in [0.1, 0.15) is 5.56 Å². The Hall–Kier alpha value is -2.48. The fourth-order valence-electron chi connectivity index (χ4n) is 1.65. The van der Waals surface area contributed by atoms with E-state index >= 15 is 0 Å². The third-order valence-electron chi connectivity index (χ3n) is 2.56. The van der Waals surface area contributed by atoms with Gasteiger partial charge in [-0.1, -0.05) is 11.8 Å². The van der Waals surface area contributed by atoms with Gasteiger partial charge in [0, 0.05) is 28.8 Å². The van der Waals surface area contributed by atoms with E-state index in [-0.39, 0.29) is 11.5 Å². The van der Waals surface area contributed by atoms with Crippen molar-refractivity contribution in [3.05, 3.63) is 40.2 Å². The summed E-state index contributed by atoms with van der Waals surface area (Å²) in [5, 5.41) is 11.4. The van der Waals surface area contributed by atoms with E-state index in [1.165, 1.54) is 30.2 Å². The molecule has 0 amide bonds. The maximum atomic E-state index is 10.8. The highest BCUT2D eigenvalue weighted by Crippen LogP contribution is 2.40. The molecule has 0 atom stereocenters. The monoisotopic (exact) mass is 273 g/mol. The van der Waals surface area contributed by atoms with E-state index in [1.807, 2.05) is 0 Å². The summed E-state index contributed by atoms with van der Waals surface area (Å²) in [5.41, 5.74) is 6.92. The lowest BCUT2D eigenvalue weighted by Gasteiger charge is -2.04. The molecule has 0 bridgehead atoms. The first-order valence-electron chi connectivity index (χ1n) is 5.26. The lowest BCUT2D eigenvalue weighted by molar-refractivity contribution is -0.384. The number of nitro groups is 1. The zero-order chi connectivity index (χ0) is 13.4. The summed E-state index contributed by atoms with van der Waals surface area (Å²) in [6, 6.07) is 4.61. The fraction of sp³-hybridized carbons (Fsp3) is 0. The SMILES string of the molecule is Nc1ncnc2c1N=Cc1cc([N+](=O)[O-])ccc1S2. The van der Waals surface area contributed by atoms with Crippen LogP contribution in [0.2, 0.25) is 0 Å². The number of hydrogen-bond donors (Lipinski definition) is 1. The van der Waals surface area contributed by atoms with Gasteiger partial charge in [-0.2, -0.15) is 0 Å². The molecule has 3 rings (SSSR count). The van der Waals surface area contributed by atoms with Crippen LogP contribution >= 0.6 is 11.8 Å². The smallest absolute Gasteiger partial charge is 0.270 e. The predicted molar refractivity (Wildman–Crippen MR) is 70.9 cm³/mol. The predicted octanol–water partition coefficient (Wildman–Crippen LogP) is 2.18. The molecule has 2 heterocycles. The molecule has 2 aromatic rings. The Morgan fingerprint density at radius 3 is 2.95 bits per heavy atom. The molecule has 8 heteroatoms. The van der Waals surface area contributed by atoms with Crippen molar-refractivity contribution in [2.75, 3.05) is 5.73 Å². The molecule has 0 saturated carbocycles. The number of aromatic nitrogens is 2. The van der Waals surface area contributed by atoms with Crippen molar-refractivity contribution in [1.29, 1.82) is 0 Å². The summed E-state index contributed by atoms with van der Waals surface area (Å²) < 4.78 is 0. The summed E-state index contributed by atoms with van der Waals surface area (Å²) in [4.78, 5) is 23.4. The van der Waals surface area contributed by atoms with Gasteiger partial charge < -0.3 is 5.73 Å². The first-order chi connectivity index (χ1) is 9.15. The Labute approximate surface area is 111 Å². The van der Waals surface area contributed by atoms with Gasteiger partial charge >= 0.3 is 0 Å². The van der Waals surface area contributed by atoms with E-state index in [2.05, 4.69) is 15.0 Å². The average molecular weight is 273 g/mol. The number of nitro benzene ring substituents is 1. The zero-order valence-corrected chi connectivity index (χ0v) is 10.3. The third-order valence-corrected chi connectivity index (χ3v) is 3.64. The standard InChI is InChI=1S/C11H7N5O2S/c12-10-9-11(15-5-14-10)19-8-2-1-7(16(17)18)3-6(8)4-13-9/h1-5H,(H2,12,14,15). The normalized spacial score (nSPS) is 12.4. The van der Waals surface area contributed by atoms with Gasteiger partial charge in [0.1, 0.15) is 17.0 Å². The second-order valence-electron chi connectivity index (χ2n) is 3.75. The Morgan fingerprint density at radius 1 is 1.32 bits per heavy atom. The summed E-state index contributed by atoms with van der Waals surface area (Å²) in [5.74, 6) is 0.288. The molecule has 2 N–H and O–H groups in total. The fourth-order valence-corrected chi connectivity index (χ4v) is 2.58. The molecule has 19 heavy (non-hydrogen) atoms. The maximum Gasteiger partial charge on any atom is 0.270 e. The number of anilines is 1. The molecule has 1 aromatic heterocycles. The van der Waals surface area contributed by atoms with E-state index < -0.39 is 4.92 Å². The van der Waals surface area contributed by atoms with Crippen LogP contribution in [0.15, 0.2) is 39.4 Å². The van der Waals surface area contributed by atoms with Crippen LogP contribution in [0.5, 0.6) is 0 Å². The maximum absolute atomic E-state index is 10.8. The van der Waals surface area contributed by atoms with Crippen LogP contribution in [-0.4, -0.2) is 21.1 Å². The van der Waals surface area contributed by atoms with Gasteiger partial charge in [-0.05, 0) is 6.07 Å². The minimum Gasteiger partial charge on any atom is -0.382 e. The summed E-state index contributed by atoms with van der Waals surface area (Å²) in [6.07, 6.45) is 2.91. The second-order valence-corrected chi connectivity index (χ2v) is 4.78. The number of aliphatic imine (C=N–C) groups is 1. The number of fused-ring (bicyclic) bond motifs is 2.